The zero-order chi connectivity index (χ0) is 13.6. The van der Waals surface area contributed by atoms with Crippen LogP contribution in [-0.4, -0.2) is 25.0 Å². The van der Waals surface area contributed by atoms with Crippen molar-refractivity contribution < 1.29 is 13.3 Å². The lowest BCUT2D eigenvalue weighted by atomic mass is 10.2. The Kier molecular flexibility index (Phi) is 5.52. The third-order valence-electron chi connectivity index (χ3n) is 2.16. The summed E-state index contributed by atoms with van der Waals surface area (Å²) in [5.41, 5.74) is 0.478. The summed E-state index contributed by atoms with van der Waals surface area (Å²) >= 11 is 5.41. The van der Waals surface area contributed by atoms with Crippen LogP contribution in [0.4, 0.5) is 5.69 Å². The first kappa shape index (κ1) is 14.9. The van der Waals surface area contributed by atoms with Crippen LogP contribution in [0.2, 0.25) is 0 Å². The number of non-ortho nitro benzene ring substituents is 1. The number of nitro benzene ring substituents is 1. The second-order valence-corrected chi connectivity index (χ2v) is 5.91. The molecule has 0 bridgehead atoms. The minimum absolute atomic E-state index is 0.0340. The van der Waals surface area contributed by atoms with Crippen LogP contribution in [-0.2, 0) is 16.6 Å². The third kappa shape index (κ3) is 4.99. The number of nitrogens with one attached hydrogen (secondary N) is 1. The second-order valence-electron chi connectivity index (χ2n) is 3.61. The fourth-order valence-corrected chi connectivity index (χ4v) is 2.64. The fraction of sp³-hybridized carbons (Fsp3) is 0.400. The Bertz CT molecular complexity index is 518. The van der Waals surface area contributed by atoms with E-state index in [-0.39, 0.29) is 23.9 Å². The largest absolute Gasteiger partial charge is 0.269 e. The molecular weight excluding hydrogens is 280 g/mol. The second kappa shape index (κ2) is 6.67. The van der Waals surface area contributed by atoms with Crippen molar-refractivity contribution in [1.29, 1.82) is 0 Å². The van der Waals surface area contributed by atoms with E-state index in [0.717, 1.165) is 0 Å². The van der Waals surface area contributed by atoms with E-state index >= 15 is 0 Å². The highest BCUT2D eigenvalue weighted by atomic mass is 35.5. The maximum atomic E-state index is 11.5. The molecule has 0 heterocycles. The van der Waals surface area contributed by atoms with Gasteiger partial charge in [-0.3, -0.25) is 10.1 Å². The number of halogens is 1. The molecule has 8 heteroatoms. The number of sulfonamides is 1. The molecule has 6 nitrogen and oxygen atoms in total. The third-order valence-corrected chi connectivity index (χ3v) is 3.84. The van der Waals surface area contributed by atoms with Crippen LogP contribution >= 0.6 is 11.6 Å². The summed E-state index contributed by atoms with van der Waals surface area (Å²) in [5.74, 6) is 0.225. The van der Waals surface area contributed by atoms with E-state index in [4.69, 9.17) is 11.6 Å². The summed E-state index contributed by atoms with van der Waals surface area (Å²) in [7, 11) is -3.38. The van der Waals surface area contributed by atoms with Gasteiger partial charge in [0.2, 0.25) is 10.0 Å². The number of nitro groups is 1. The first-order chi connectivity index (χ1) is 8.44. The van der Waals surface area contributed by atoms with E-state index in [1.807, 2.05) is 0 Å². The quantitative estimate of drug-likeness (QED) is 0.470. The predicted molar refractivity (Wildman–Crippen MR) is 69.1 cm³/mol. The monoisotopic (exact) mass is 292 g/mol. The molecule has 1 aromatic rings. The molecule has 1 aromatic carbocycles. The van der Waals surface area contributed by atoms with Crippen molar-refractivity contribution in [1.82, 2.24) is 4.72 Å². The Morgan fingerprint density at radius 1 is 1.39 bits per heavy atom. The summed E-state index contributed by atoms with van der Waals surface area (Å²) < 4.78 is 25.3. The van der Waals surface area contributed by atoms with Crippen LogP contribution in [0, 0.1) is 10.1 Å². The van der Waals surface area contributed by atoms with Crippen molar-refractivity contribution in [2.45, 2.75) is 13.0 Å². The molecule has 0 atom stereocenters. The molecule has 0 fully saturated rings. The summed E-state index contributed by atoms with van der Waals surface area (Å²) in [6.45, 7) is 0.0340. The minimum atomic E-state index is -3.38. The lowest BCUT2D eigenvalue weighted by Gasteiger charge is -2.05. The van der Waals surface area contributed by atoms with Crippen molar-refractivity contribution in [2.75, 3.05) is 11.6 Å². The molecule has 0 aliphatic rings. The Morgan fingerprint density at radius 2 is 2.11 bits per heavy atom. The summed E-state index contributed by atoms with van der Waals surface area (Å²) in [4.78, 5) is 10.0. The average molecular weight is 293 g/mol. The van der Waals surface area contributed by atoms with Gasteiger partial charge in [0.15, 0.2) is 0 Å². The van der Waals surface area contributed by atoms with Crippen LogP contribution in [0.3, 0.4) is 0 Å². The molecule has 0 unspecified atom stereocenters. The van der Waals surface area contributed by atoms with Crippen molar-refractivity contribution in [3.05, 3.63) is 39.9 Å². The zero-order valence-corrected chi connectivity index (χ0v) is 11.1. The van der Waals surface area contributed by atoms with Gasteiger partial charge >= 0.3 is 0 Å². The minimum Gasteiger partial charge on any atom is -0.258 e. The van der Waals surface area contributed by atoms with Crippen LogP contribution in [0.15, 0.2) is 24.3 Å². The van der Waals surface area contributed by atoms with Gasteiger partial charge in [-0.15, -0.1) is 11.6 Å². The van der Waals surface area contributed by atoms with Gasteiger partial charge in [0.05, 0.1) is 10.7 Å². The van der Waals surface area contributed by atoms with E-state index in [9.17, 15) is 18.5 Å². The fourth-order valence-electron chi connectivity index (χ4n) is 1.29. The molecule has 0 aromatic heterocycles. The predicted octanol–water partition coefficient (Wildman–Crippen LogP) is 1.64. The molecule has 1 N–H and O–H groups in total. The molecule has 0 spiro atoms. The van der Waals surface area contributed by atoms with Crippen LogP contribution in [0.25, 0.3) is 0 Å². The van der Waals surface area contributed by atoms with Crippen molar-refractivity contribution in [3.63, 3.8) is 0 Å². The Morgan fingerprint density at radius 3 is 2.72 bits per heavy atom. The molecule has 0 saturated heterocycles. The van der Waals surface area contributed by atoms with Gasteiger partial charge in [-0.2, -0.15) is 0 Å². The smallest absolute Gasteiger partial charge is 0.258 e. The van der Waals surface area contributed by atoms with Gasteiger partial charge in [0, 0.05) is 24.6 Å². The summed E-state index contributed by atoms with van der Waals surface area (Å²) in [6, 6.07) is 5.83. The van der Waals surface area contributed by atoms with E-state index in [2.05, 4.69) is 4.72 Å². The lowest BCUT2D eigenvalue weighted by Crippen LogP contribution is -2.26. The van der Waals surface area contributed by atoms with Gasteiger partial charge in [-0.1, -0.05) is 12.1 Å². The molecular formula is C10H13ClN2O4S. The Hall–Kier alpha value is -1.18. The standard InChI is InChI=1S/C10H13ClN2O4S/c11-5-2-6-18(16,17)12-8-9-3-1-4-10(7-9)13(14)15/h1,3-4,7,12H,2,5-6,8H2. The van der Waals surface area contributed by atoms with Crippen molar-refractivity contribution in [2.24, 2.45) is 0 Å². The summed E-state index contributed by atoms with van der Waals surface area (Å²) in [6.07, 6.45) is 0.367. The van der Waals surface area contributed by atoms with Gasteiger partial charge < -0.3 is 0 Å². The first-order valence-electron chi connectivity index (χ1n) is 5.21. The highest BCUT2D eigenvalue weighted by molar-refractivity contribution is 7.89. The molecule has 0 amide bonds. The molecule has 0 saturated carbocycles. The van der Waals surface area contributed by atoms with E-state index < -0.39 is 14.9 Å². The van der Waals surface area contributed by atoms with Gasteiger partial charge in [0.25, 0.3) is 5.69 Å². The number of benzene rings is 1. The number of rotatable bonds is 7. The molecule has 0 aliphatic carbocycles. The van der Waals surface area contributed by atoms with Crippen molar-refractivity contribution in [3.8, 4) is 0 Å². The van der Waals surface area contributed by atoms with E-state index in [1.54, 1.807) is 6.07 Å². The number of hydrogen-bond acceptors (Lipinski definition) is 4. The first-order valence-corrected chi connectivity index (χ1v) is 7.40. The normalized spacial score (nSPS) is 11.4. The van der Waals surface area contributed by atoms with Gasteiger partial charge in [0.1, 0.15) is 0 Å². The number of alkyl halides is 1. The Balaban J connectivity index is 2.63. The van der Waals surface area contributed by atoms with Gasteiger partial charge in [-0.05, 0) is 12.0 Å². The van der Waals surface area contributed by atoms with Gasteiger partial charge in [-0.25, -0.2) is 13.1 Å². The molecule has 0 radical (unpaired) electrons. The van der Waals surface area contributed by atoms with Crippen LogP contribution in [0.5, 0.6) is 0 Å². The molecule has 1 rings (SSSR count). The highest BCUT2D eigenvalue weighted by Gasteiger charge is 2.10. The zero-order valence-electron chi connectivity index (χ0n) is 9.50. The molecule has 0 aliphatic heterocycles. The number of hydrogen-bond donors (Lipinski definition) is 1. The molecule has 18 heavy (non-hydrogen) atoms. The van der Waals surface area contributed by atoms with E-state index in [0.29, 0.717) is 12.0 Å². The van der Waals surface area contributed by atoms with Crippen LogP contribution in [0.1, 0.15) is 12.0 Å². The lowest BCUT2D eigenvalue weighted by molar-refractivity contribution is -0.384. The average Bonchev–Trinajstić information content (AvgIpc) is 2.34. The topological polar surface area (TPSA) is 89.3 Å². The Labute approximate surface area is 110 Å². The van der Waals surface area contributed by atoms with Crippen molar-refractivity contribution >= 4 is 27.3 Å². The number of nitrogens with zero attached hydrogens (tertiary/aromatic N) is 1. The SMILES string of the molecule is O=[N+]([O-])c1cccc(CNS(=O)(=O)CCCCl)c1. The maximum absolute atomic E-state index is 11.5. The highest BCUT2D eigenvalue weighted by Crippen LogP contribution is 2.13. The molecule has 100 valence electrons. The maximum Gasteiger partial charge on any atom is 0.269 e. The van der Waals surface area contributed by atoms with Crippen LogP contribution < -0.4 is 4.72 Å². The van der Waals surface area contributed by atoms with E-state index in [1.165, 1.54) is 18.2 Å². The summed E-state index contributed by atoms with van der Waals surface area (Å²) in [5, 5.41) is 10.5.